The van der Waals surface area contributed by atoms with Gasteiger partial charge in [0.25, 0.3) is 5.91 Å². The maximum Gasteiger partial charge on any atom is 0.408 e. The van der Waals surface area contributed by atoms with E-state index in [0.717, 1.165) is 16.7 Å². The monoisotopic (exact) mass is 548 g/mol. The van der Waals surface area contributed by atoms with Crippen LogP contribution in [0.15, 0.2) is 61.7 Å². The van der Waals surface area contributed by atoms with Crippen LogP contribution >= 0.6 is 0 Å². The SMILES string of the molecule is C=CCN(C(=O)C(CCC(N)=O)NC(=O)OC(C)(C)C)C(C(=O)Nc1c(C)cccc1C)c1cccc(C=C)c1. The molecule has 0 saturated heterocycles. The van der Waals surface area contributed by atoms with Crippen LogP contribution in [-0.2, 0) is 19.1 Å². The minimum absolute atomic E-state index is 0.0228. The average molecular weight is 549 g/mol. The first-order chi connectivity index (χ1) is 18.8. The van der Waals surface area contributed by atoms with Gasteiger partial charge in [-0.2, -0.15) is 0 Å². The third-order valence-electron chi connectivity index (χ3n) is 6.03. The molecule has 0 aliphatic carbocycles. The summed E-state index contributed by atoms with van der Waals surface area (Å²) in [6.45, 7) is 16.4. The molecule has 2 aromatic carbocycles. The highest BCUT2D eigenvalue weighted by Crippen LogP contribution is 2.28. The van der Waals surface area contributed by atoms with Gasteiger partial charge in [-0.25, -0.2) is 4.79 Å². The Bertz CT molecular complexity index is 1240. The van der Waals surface area contributed by atoms with E-state index >= 15 is 0 Å². The Morgan fingerprint density at radius 1 is 1.05 bits per heavy atom. The molecular weight excluding hydrogens is 508 g/mol. The molecule has 0 saturated carbocycles. The van der Waals surface area contributed by atoms with Gasteiger partial charge in [-0.1, -0.05) is 55.1 Å². The number of carbonyl (C=O) groups excluding carboxylic acids is 4. The molecule has 0 heterocycles. The molecule has 9 nitrogen and oxygen atoms in total. The molecule has 9 heteroatoms. The molecule has 0 fully saturated rings. The fraction of sp³-hybridized carbons (Fsp3) is 0.355. The lowest BCUT2D eigenvalue weighted by molar-refractivity contribution is -0.140. The molecule has 2 aromatic rings. The average Bonchev–Trinajstić information content (AvgIpc) is 2.87. The Morgan fingerprint density at radius 2 is 1.68 bits per heavy atom. The molecule has 0 aliphatic rings. The Hall–Kier alpha value is -4.40. The maximum absolute atomic E-state index is 14.1. The van der Waals surface area contributed by atoms with E-state index in [1.165, 1.54) is 11.0 Å². The third-order valence-corrected chi connectivity index (χ3v) is 6.03. The van der Waals surface area contributed by atoms with E-state index in [2.05, 4.69) is 23.8 Å². The van der Waals surface area contributed by atoms with Crippen molar-refractivity contribution in [2.45, 2.75) is 65.1 Å². The standard InChI is InChI=1S/C31H40N4O5/c1-8-18-35(29(38)24(16-17-25(32)36)33-30(39)40-31(5,6)7)27(23-15-11-14-22(9-2)19-23)28(37)34-26-20(3)12-10-13-21(26)4/h8-15,19,24,27H,1-2,16-18H2,3-7H3,(H2,32,36)(H,33,39)(H,34,37). The van der Waals surface area contributed by atoms with Crippen LogP contribution < -0.4 is 16.4 Å². The normalized spacial score (nSPS) is 12.4. The van der Waals surface area contributed by atoms with E-state index < -0.39 is 41.5 Å². The molecular formula is C31H40N4O5. The largest absolute Gasteiger partial charge is 0.444 e. The third kappa shape index (κ3) is 9.11. The Kier molecular flexibility index (Phi) is 11.2. The highest BCUT2D eigenvalue weighted by molar-refractivity contribution is 6.00. The summed E-state index contributed by atoms with van der Waals surface area (Å²) in [5, 5.41) is 5.55. The molecule has 0 aliphatic heterocycles. The van der Waals surface area contributed by atoms with Crippen LogP contribution in [0.2, 0.25) is 0 Å². The van der Waals surface area contributed by atoms with Crippen LogP contribution in [0.3, 0.4) is 0 Å². The number of nitrogens with zero attached hydrogens (tertiary/aromatic N) is 1. The zero-order chi connectivity index (χ0) is 30.0. The minimum atomic E-state index is -1.19. The Balaban J connectivity index is 2.59. The van der Waals surface area contributed by atoms with Gasteiger partial charge < -0.3 is 26.0 Å². The second-order valence-electron chi connectivity index (χ2n) is 10.5. The number of para-hydroxylation sites is 1. The van der Waals surface area contributed by atoms with E-state index in [1.54, 1.807) is 45.0 Å². The first-order valence-corrected chi connectivity index (χ1v) is 13.1. The van der Waals surface area contributed by atoms with Gasteiger partial charge in [-0.3, -0.25) is 14.4 Å². The van der Waals surface area contributed by atoms with Crippen LogP contribution in [0.25, 0.3) is 6.08 Å². The number of primary amides is 1. The second kappa shape index (κ2) is 14.1. The molecule has 4 amide bonds. The lowest BCUT2D eigenvalue weighted by Gasteiger charge is -2.34. The number of carbonyl (C=O) groups is 4. The summed E-state index contributed by atoms with van der Waals surface area (Å²) in [6.07, 6.45) is 2.05. The first-order valence-electron chi connectivity index (χ1n) is 13.1. The van der Waals surface area contributed by atoms with Crippen molar-refractivity contribution < 1.29 is 23.9 Å². The number of benzene rings is 2. The van der Waals surface area contributed by atoms with E-state index in [-0.39, 0.29) is 19.4 Å². The number of ether oxygens (including phenoxy) is 1. The summed E-state index contributed by atoms with van der Waals surface area (Å²) in [7, 11) is 0. The van der Waals surface area contributed by atoms with Crippen molar-refractivity contribution in [3.05, 3.63) is 84.0 Å². The molecule has 40 heavy (non-hydrogen) atoms. The van der Waals surface area contributed by atoms with E-state index in [0.29, 0.717) is 11.3 Å². The quantitative estimate of drug-likeness (QED) is 0.328. The number of amides is 4. The van der Waals surface area contributed by atoms with Crippen molar-refractivity contribution in [3.63, 3.8) is 0 Å². The molecule has 214 valence electrons. The predicted molar refractivity (Wildman–Crippen MR) is 157 cm³/mol. The van der Waals surface area contributed by atoms with E-state index in [9.17, 15) is 19.2 Å². The summed E-state index contributed by atoms with van der Waals surface area (Å²) >= 11 is 0. The summed E-state index contributed by atoms with van der Waals surface area (Å²) < 4.78 is 5.35. The summed E-state index contributed by atoms with van der Waals surface area (Å²) in [6, 6.07) is 10.5. The maximum atomic E-state index is 14.1. The topological polar surface area (TPSA) is 131 Å². The van der Waals surface area contributed by atoms with Crippen molar-refractivity contribution in [2.24, 2.45) is 5.73 Å². The van der Waals surface area contributed by atoms with Gasteiger partial charge in [0, 0.05) is 18.7 Å². The number of rotatable bonds is 12. The van der Waals surface area contributed by atoms with Gasteiger partial charge in [0.2, 0.25) is 11.8 Å². The molecule has 2 unspecified atom stereocenters. The smallest absolute Gasteiger partial charge is 0.408 e. The van der Waals surface area contributed by atoms with Crippen LogP contribution in [-0.4, -0.2) is 46.9 Å². The molecule has 2 atom stereocenters. The highest BCUT2D eigenvalue weighted by Gasteiger charge is 2.36. The van der Waals surface area contributed by atoms with Gasteiger partial charge >= 0.3 is 6.09 Å². The van der Waals surface area contributed by atoms with Crippen molar-refractivity contribution in [2.75, 3.05) is 11.9 Å². The molecule has 0 aromatic heterocycles. The van der Waals surface area contributed by atoms with Gasteiger partial charge in [0.15, 0.2) is 0 Å². The van der Waals surface area contributed by atoms with Crippen molar-refractivity contribution in [1.29, 1.82) is 0 Å². The number of hydrogen-bond donors (Lipinski definition) is 3. The van der Waals surface area contributed by atoms with Crippen LogP contribution in [0.4, 0.5) is 10.5 Å². The van der Waals surface area contributed by atoms with E-state index in [1.807, 2.05) is 38.1 Å². The van der Waals surface area contributed by atoms with Gasteiger partial charge in [-0.15, -0.1) is 6.58 Å². The highest BCUT2D eigenvalue weighted by atomic mass is 16.6. The first kappa shape index (κ1) is 31.8. The zero-order valence-electron chi connectivity index (χ0n) is 24.0. The summed E-state index contributed by atoms with van der Waals surface area (Å²) in [5.41, 5.74) is 8.18. The Morgan fingerprint density at radius 3 is 2.23 bits per heavy atom. The number of anilines is 1. The predicted octanol–water partition coefficient (Wildman–Crippen LogP) is 4.80. The van der Waals surface area contributed by atoms with Crippen LogP contribution in [0, 0.1) is 13.8 Å². The number of nitrogens with one attached hydrogen (secondary N) is 2. The Labute approximate surface area is 236 Å². The lowest BCUT2D eigenvalue weighted by Crippen LogP contribution is -2.52. The van der Waals surface area contributed by atoms with Gasteiger partial charge in [0.05, 0.1) is 0 Å². The van der Waals surface area contributed by atoms with Crippen molar-refractivity contribution >= 4 is 35.6 Å². The zero-order valence-corrected chi connectivity index (χ0v) is 24.0. The van der Waals surface area contributed by atoms with Crippen LogP contribution in [0.1, 0.15) is 61.9 Å². The number of alkyl carbamates (subject to hydrolysis) is 1. The lowest BCUT2D eigenvalue weighted by atomic mass is 9.99. The fourth-order valence-electron chi connectivity index (χ4n) is 4.19. The van der Waals surface area contributed by atoms with Crippen molar-refractivity contribution in [1.82, 2.24) is 10.2 Å². The van der Waals surface area contributed by atoms with Crippen molar-refractivity contribution in [3.8, 4) is 0 Å². The van der Waals surface area contributed by atoms with Gasteiger partial charge in [0.1, 0.15) is 17.7 Å². The fourth-order valence-corrected chi connectivity index (χ4v) is 4.19. The minimum Gasteiger partial charge on any atom is -0.444 e. The summed E-state index contributed by atoms with van der Waals surface area (Å²) in [5.74, 6) is -1.69. The number of hydrogen-bond acceptors (Lipinski definition) is 5. The molecule has 0 radical (unpaired) electrons. The molecule has 0 spiro atoms. The van der Waals surface area contributed by atoms with Crippen LogP contribution in [0.5, 0.6) is 0 Å². The molecule has 0 bridgehead atoms. The molecule has 4 N–H and O–H groups in total. The number of aryl methyl sites for hydroxylation is 2. The molecule has 2 rings (SSSR count). The second-order valence-corrected chi connectivity index (χ2v) is 10.5. The van der Waals surface area contributed by atoms with Gasteiger partial charge in [-0.05, 0) is 69.4 Å². The van der Waals surface area contributed by atoms with E-state index in [4.69, 9.17) is 10.5 Å². The summed E-state index contributed by atoms with van der Waals surface area (Å²) in [4.78, 5) is 53.6. The number of nitrogens with two attached hydrogens (primary N) is 1.